The van der Waals surface area contributed by atoms with Gasteiger partial charge in [0, 0.05) is 26.9 Å². The zero-order valence-corrected chi connectivity index (χ0v) is 20.2. The van der Waals surface area contributed by atoms with Crippen LogP contribution in [0.5, 0.6) is 0 Å². The number of benzene rings is 3. The SMILES string of the molecule is O=C(CSc1nc(-c2ccccc2)nc2sc3c(c12)CCCC3)Nc1cccc2ccccc12. The molecule has 1 amide bonds. The molecule has 0 atom stereocenters. The minimum atomic E-state index is -0.0292. The topological polar surface area (TPSA) is 54.9 Å². The van der Waals surface area contributed by atoms with Crippen molar-refractivity contribution in [3.05, 3.63) is 83.2 Å². The highest BCUT2D eigenvalue weighted by Gasteiger charge is 2.22. The summed E-state index contributed by atoms with van der Waals surface area (Å²) in [6.07, 6.45) is 4.61. The minimum Gasteiger partial charge on any atom is -0.325 e. The number of thiophene rings is 1. The summed E-state index contributed by atoms with van der Waals surface area (Å²) >= 11 is 3.31. The van der Waals surface area contributed by atoms with Gasteiger partial charge in [0.15, 0.2) is 5.82 Å². The number of amides is 1. The highest BCUT2D eigenvalue weighted by molar-refractivity contribution is 8.00. The second kappa shape index (κ2) is 9.20. The summed E-state index contributed by atoms with van der Waals surface area (Å²) in [7, 11) is 0. The van der Waals surface area contributed by atoms with Gasteiger partial charge >= 0.3 is 0 Å². The molecule has 3 aromatic carbocycles. The van der Waals surface area contributed by atoms with Gasteiger partial charge in [0.1, 0.15) is 9.86 Å². The standard InChI is InChI=1S/C28H23N3OS2/c32-24(29-22-15-8-12-18-9-4-5-13-20(18)22)17-33-27-25-21-14-6-7-16-23(21)34-28(25)31-26(30-27)19-10-2-1-3-11-19/h1-5,8-13,15H,6-7,14,16-17H2,(H,29,32). The van der Waals surface area contributed by atoms with E-state index in [4.69, 9.17) is 9.97 Å². The maximum atomic E-state index is 13.0. The number of fused-ring (bicyclic) bond motifs is 4. The van der Waals surface area contributed by atoms with E-state index in [0.717, 1.165) is 55.9 Å². The maximum absolute atomic E-state index is 13.0. The molecule has 2 aromatic heterocycles. The number of thioether (sulfide) groups is 1. The van der Waals surface area contributed by atoms with Crippen molar-refractivity contribution in [3.63, 3.8) is 0 Å². The molecule has 0 radical (unpaired) electrons. The van der Waals surface area contributed by atoms with Gasteiger partial charge in [-0.1, -0.05) is 78.5 Å². The van der Waals surface area contributed by atoms with Crippen LogP contribution in [0.3, 0.4) is 0 Å². The predicted octanol–water partition coefficient (Wildman–Crippen LogP) is 7.12. The molecule has 0 aliphatic heterocycles. The van der Waals surface area contributed by atoms with Crippen LogP contribution < -0.4 is 5.32 Å². The van der Waals surface area contributed by atoms with E-state index in [-0.39, 0.29) is 5.91 Å². The number of hydrogen-bond donors (Lipinski definition) is 1. The Bertz CT molecular complexity index is 1510. The van der Waals surface area contributed by atoms with Gasteiger partial charge in [-0.25, -0.2) is 9.97 Å². The van der Waals surface area contributed by atoms with Crippen LogP contribution in [0, 0.1) is 0 Å². The lowest BCUT2D eigenvalue weighted by Crippen LogP contribution is -2.14. The van der Waals surface area contributed by atoms with E-state index in [2.05, 4.69) is 17.4 Å². The first-order valence-electron chi connectivity index (χ1n) is 11.5. The van der Waals surface area contributed by atoms with Crippen LogP contribution >= 0.6 is 23.1 Å². The van der Waals surface area contributed by atoms with E-state index in [9.17, 15) is 4.79 Å². The Kier molecular flexibility index (Phi) is 5.77. The molecule has 0 saturated heterocycles. The van der Waals surface area contributed by atoms with Crippen molar-refractivity contribution in [2.75, 3.05) is 11.1 Å². The smallest absolute Gasteiger partial charge is 0.234 e. The summed E-state index contributed by atoms with van der Waals surface area (Å²) in [6, 6.07) is 24.2. The third kappa shape index (κ3) is 4.08. The minimum absolute atomic E-state index is 0.0292. The van der Waals surface area contributed by atoms with Crippen LogP contribution in [0.15, 0.2) is 77.8 Å². The number of aromatic nitrogens is 2. The lowest BCUT2D eigenvalue weighted by Gasteiger charge is -2.12. The molecular weight excluding hydrogens is 458 g/mol. The van der Waals surface area contributed by atoms with Crippen LogP contribution in [0.1, 0.15) is 23.3 Å². The van der Waals surface area contributed by atoms with E-state index in [1.807, 2.05) is 60.7 Å². The number of nitrogens with zero attached hydrogens (tertiary/aromatic N) is 2. The molecule has 6 heteroatoms. The lowest BCUT2D eigenvalue weighted by molar-refractivity contribution is -0.113. The fourth-order valence-electron chi connectivity index (χ4n) is 4.60. The molecule has 6 rings (SSSR count). The number of aryl methyl sites for hydroxylation is 2. The summed E-state index contributed by atoms with van der Waals surface area (Å²) < 4.78 is 0. The van der Waals surface area contributed by atoms with Gasteiger partial charge in [-0.05, 0) is 42.7 Å². The predicted molar refractivity (Wildman–Crippen MR) is 143 cm³/mol. The molecular formula is C28H23N3OS2. The monoisotopic (exact) mass is 481 g/mol. The van der Waals surface area contributed by atoms with Crippen molar-refractivity contribution in [2.24, 2.45) is 0 Å². The van der Waals surface area contributed by atoms with Gasteiger partial charge in [-0.3, -0.25) is 4.79 Å². The molecule has 0 bridgehead atoms. The Hall–Kier alpha value is -3.22. The van der Waals surface area contributed by atoms with E-state index in [1.165, 1.54) is 35.0 Å². The van der Waals surface area contributed by atoms with Crippen molar-refractivity contribution >= 4 is 55.7 Å². The number of rotatable bonds is 5. The first-order chi connectivity index (χ1) is 16.8. The summed E-state index contributed by atoms with van der Waals surface area (Å²) in [6.45, 7) is 0. The zero-order valence-electron chi connectivity index (χ0n) is 18.6. The Balaban J connectivity index is 1.32. The molecule has 0 unspecified atom stereocenters. The average molecular weight is 482 g/mol. The van der Waals surface area contributed by atoms with Crippen LogP contribution in [-0.2, 0) is 17.6 Å². The second-order valence-electron chi connectivity index (χ2n) is 8.47. The number of nitrogens with one attached hydrogen (secondary N) is 1. The lowest BCUT2D eigenvalue weighted by atomic mass is 9.97. The van der Waals surface area contributed by atoms with Crippen molar-refractivity contribution in [3.8, 4) is 11.4 Å². The number of carbonyl (C=O) groups excluding carboxylic acids is 1. The summed E-state index contributed by atoms with van der Waals surface area (Å²) in [5.74, 6) is 0.996. The average Bonchev–Trinajstić information content (AvgIpc) is 3.27. The van der Waals surface area contributed by atoms with Gasteiger partial charge in [0.2, 0.25) is 5.91 Å². The van der Waals surface area contributed by atoms with Crippen LogP contribution in [0.25, 0.3) is 32.4 Å². The van der Waals surface area contributed by atoms with E-state index < -0.39 is 0 Å². The van der Waals surface area contributed by atoms with E-state index in [1.54, 1.807) is 11.3 Å². The first-order valence-corrected chi connectivity index (χ1v) is 13.3. The molecule has 2 heterocycles. The van der Waals surface area contributed by atoms with Crippen molar-refractivity contribution < 1.29 is 4.79 Å². The van der Waals surface area contributed by atoms with E-state index >= 15 is 0 Å². The van der Waals surface area contributed by atoms with Gasteiger partial charge < -0.3 is 5.32 Å². The number of hydrogen-bond acceptors (Lipinski definition) is 5. The van der Waals surface area contributed by atoms with Gasteiger partial charge in [-0.2, -0.15) is 0 Å². The molecule has 34 heavy (non-hydrogen) atoms. The Morgan fingerprint density at radius 3 is 2.62 bits per heavy atom. The van der Waals surface area contributed by atoms with Crippen molar-refractivity contribution in [2.45, 2.75) is 30.7 Å². The Morgan fingerprint density at radius 2 is 1.71 bits per heavy atom. The molecule has 5 aromatic rings. The van der Waals surface area contributed by atoms with Crippen molar-refractivity contribution in [1.82, 2.24) is 9.97 Å². The maximum Gasteiger partial charge on any atom is 0.234 e. The van der Waals surface area contributed by atoms with Crippen LogP contribution in [-0.4, -0.2) is 21.6 Å². The molecule has 0 saturated carbocycles. The summed E-state index contributed by atoms with van der Waals surface area (Å²) in [4.78, 5) is 25.3. The van der Waals surface area contributed by atoms with E-state index in [0.29, 0.717) is 5.75 Å². The van der Waals surface area contributed by atoms with Crippen LogP contribution in [0.2, 0.25) is 0 Å². The molecule has 168 valence electrons. The normalized spacial score (nSPS) is 13.2. The molecule has 0 spiro atoms. The van der Waals surface area contributed by atoms with Gasteiger partial charge in [0.05, 0.1) is 5.75 Å². The Labute approximate surface area is 206 Å². The number of anilines is 1. The van der Waals surface area contributed by atoms with Gasteiger partial charge in [-0.15, -0.1) is 11.3 Å². The fraction of sp³-hybridized carbons (Fsp3) is 0.179. The summed E-state index contributed by atoms with van der Waals surface area (Å²) in [5, 5.41) is 7.33. The fourth-order valence-corrected chi connectivity index (χ4v) is 6.78. The quantitative estimate of drug-likeness (QED) is 0.214. The van der Waals surface area contributed by atoms with Crippen LogP contribution in [0.4, 0.5) is 5.69 Å². The molecule has 4 nitrogen and oxygen atoms in total. The Morgan fingerprint density at radius 1 is 0.912 bits per heavy atom. The molecule has 1 aliphatic rings. The second-order valence-corrected chi connectivity index (χ2v) is 10.5. The molecule has 1 aliphatic carbocycles. The third-order valence-electron chi connectivity index (χ3n) is 6.22. The largest absolute Gasteiger partial charge is 0.325 e. The molecule has 1 N–H and O–H groups in total. The van der Waals surface area contributed by atoms with Crippen molar-refractivity contribution in [1.29, 1.82) is 0 Å². The first kappa shape index (κ1) is 21.3. The number of carbonyl (C=O) groups is 1. The summed E-state index contributed by atoms with van der Waals surface area (Å²) in [5.41, 5.74) is 3.23. The molecule has 0 fully saturated rings. The highest BCUT2D eigenvalue weighted by Crippen LogP contribution is 2.40. The third-order valence-corrected chi connectivity index (χ3v) is 8.38. The zero-order chi connectivity index (χ0) is 22.9. The van der Waals surface area contributed by atoms with Gasteiger partial charge in [0.25, 0.3) is 0 Å². The highest BCUT2D eigenvalue weighted by atomic mass is 32.2.